The van der Waals surface area contributed by atoms with Crippen LogP contribution in [0.3, 0.4) is 0 Å². The van der Waals surface area contributed by atoms with E-state index < -0.39 is 0 Å². The van der Waals surface area contributed by atoms with Crippen LogP contribution in [-0.2, 0) is 12.0 Å². The summed E-state index contributed by atoms with van der Waals surface area (Å²) in [6.45, 7) is 12.0. The summed E-state index contributed by atoms with van der Waals surface area (Å²) in [6, 6.07) is 8.78. The quantitative estimate of drug-likeness (QED) is 0.839. The van der Waals surface area contributed by atoms with Gasteiger partial charge in [0.2, 0.25) is 0 Å². The molecule has 2 nitrogen and oxygen atoms in total. The molecule has 0 aliphatic carbocycles. The van der Waals surface area contributed by atoms with E-state index in [9.17, 15) is 0 Å². The van der Waals surface area contributed by atoms with E-state index in [2.05, 4.69) is 64.2 Å². The number of hydrogen-bond acceptors (Lipinski definition) is 2. The highest BCUT2D eigenvalue weighted by Crippen LogP contribution is 2.22. The molecule has 1 rings (SSSR count). The summed E-state index contributed by atoms with van der Waals surface area (Å²) >= 11 is 0. The van der Waals surface area contributed by atoms with Gasteiger partial charge in [0.1, 0.15) is 0 Å². The summed E-state index contributed by atoms with van der Waals surface area (Å²) in [4.78, 5) is 0. The first-order valence-corrected chi connectivity index (χ1v) is 6.70. The van der Waals surface area contributed by atoms with Crippen molar-refractivity contribution in [1.82, 2.24) is 5.32 Å². The molecule has 0 saturated carbocycles. The summed E-state index contributed by atoms with van der Waals surface area (Å²) in [7, 11) is 0. The van der Waals surface area contributed by atoms with Crippen molar-refractivity contribution in [3.05, 3.63) is 35.4 Å². The number of aliphatic hydroxyl groups is 1. The van der Waals surface area contributed by atoms with Crippen LogP contribution in [-0.4, -0.2) is 17.3 Å². The van der Waals surface area contributed by atoms with Crippen molar-refractivity contribution in [3.8, 4) is 0 Å². The third-order valence-corrected chi connectivity index (χ3v) is 3.33. The minimum Gasteiger partial charge on any atom is -0.396 e. The Labute approximate surface area is 111 Å². The third-order valence-electron chi connectivity index (χ3n) is 3.33. The van der Waals surface area contributed by atoms with Crippen LogP contribution in [0.2, 0.25) is 0 Å². The molecule has 0 fully saturated rings. The van der Waals surface area contributed by atoms with E-state index in [-0.39, 0.29) is 17.6 Å². The number of benzene rings is 1. The van der Waals surface area contributed by atoms with Crippen molar-refractivity contribution < 1.29 is 5.11 Å². The maximum atomic E-state index is 8.98. The van der Waals surface area contributed by atoms with Gasteiger partial charge < -0.3 is 10.4 Å². The second kappa shape index (κ2) is 5.85. The Morgan fingerprint density at radius 2 is 1.56 bits per heavy atom. The Hall–Kier alpha value is -0.860. The number of aliphatic hydroxyl groups excluding tert-OH is 1. The predicted octanol–water partition coefficient (Wildman–Crippen LogP) is 3.23. The zero-order chi connectivity index (χ0) is 13.8. The molecule has 0 unspecified atom stereocenters. The summed E-state index contributed by atoms with van der Waals surface area (Å²) in [6.07, 6.45) is 0.771. The molecule has 0 aliphatic heterocycles. The molecule has 0 radical (unpaired) electrons. The molecule has 1 aromatic carbocycles. The SMILES string of the molecule is CC(C)(CCO)NCc1ccc(C(C)(C)C)cc1. The topological polar surface area (TPSA) is 32.3 Å². The number of nitrogens with one attached hydrogen (secondary N) is 1. The van der Waals surface area contributed by atoms with E-state index in [0.29, 0.717) is 0 Å². The fourth-order valence-corrected chi connectivity index (χ4v) is 1.83. The van der Waals surface area contributed by atoms with Crippen LogP contribution >= 0.6 is 0 Å². The lowest BCUT2D eigenvalue weighted by Gasteiger charge is -2.26. The first kappa shape index (κ1) is 15.2. The van der Waals surface area contributed by atoms with Gasteiger partial charge in [-0.2, -0.15) is 0 Å². The second-order valence-electron chi connectivity index (χ2n) is 6.66. The molecular formula is C16H27NO. The lowest BCUT2D eigenvalue weighted by molar-refractivity contribution is 0.230. The second-order valence-corrected chi connectivity index (χ2v) is 6.66. The summed E-state index contributed by atoms with van der Waals surface area (Å²) in [5, 5.41) is 12.5. The summed E-state index contributed by atoms with van der Waals surface area (Å²) in [5.74, 6) is 0. The predicted molar refractivity (Wildman–Crippen MR) is 77.8 cm³/mol. The first-order valence-electron chi connectivity index (χ1n) is 6.70. The van der Waals surface area contributed by atoms with Gasteiger partial charge in [-0.15, -0.1) is 0 Å². The van der Waals surface area contributed by atoms with Crippen LogP contribution in [0.25, 0.3) is 0 Å². The molecular weight excluding hydrogens is 222 g/mol. The molecule has 2 N–H and O–H groups in total. The molecule has 2 heteroatoms. The fourth-order valence-electron chi connectivity index (χ4n) is 1.83. The van der Waals surface area contributed by atoms with Crippen molar-refractivity contribution in [2.75, 3.05) is 6.61 Å². The Balaban J connectivity index is 2.60. The average Bonchev–Trinajstić information content (AvgIpc) is 2.26. The fraction of sp³-hybridized carbons (Fsp3) is 0.625. The highest BCUT2D eigenvalue weighted by atomic mass is 16.3. The standard InChI is InChI=1S/C16H27NO/c1-15(2,3)14-8-6-13(7-9-14)12-17-16(4,5)10-11-18/h6-9,17-18H,10-12H2,1-5H3. The molecule has 1 aromatic rings. The normalized spacial score (nSPS) is 12.8. The molecule has 0 aliphatic rings. The third kappa shape index (κ3) is 4.79. The number of hydrogen-bond donors (Lipinski definition) is 2. The minimum atomic E-state index is -0.0164. The van der Waals surface area contributed by atoms with Crippen LogP contribution in [0.1, 0.15) is 52.2 Å². The van der Waals surface area contributed by atoms with Crippen molar-refractivity contribution >= 4 is 0 Å². The molecule has 0 saturated heterocycles. The highest BCUT2D eigenvalue weighted by molar-refractivity contribution is 5.27. The van der Waals surface area contributed by atoms with Crippen LogP contribution in [0.5, 0.6) is 0 Å². The van der Waals surface area contributed by atoms with Crippen molar-refractivity contribution in [2.45, 2.75) is 58.5 Å². The lowest BCUT2D eigenvalue weighted by atomic mass is 9.86. The van der Waals surface area contributed by atoms with E-state index in [1.807, 2.05) is 0 Å². The van der Waals surface area contributed by atoms with Gasteiger partial charge in [-0.05, 0) is 36.8 Å². The van der Waals surface area contributed by atoms with E-state index in [4.69, 9.17) is 5.11 Å². The molecule has 0 spiro atoms. The Morgan fingerprint density at radius 3 is 2.00 bits per heavy atom. The molecule has 0 amide bonds. The van der Waals surface area contributed by atoms with Gasteiger partial charge in [-0.1, -0.05) is 45.0 Å². The van der Waals surface area contributed by atoms with Gasteiger partial charge >= 0.3 is 0 Å². The van der Waals surface area contributed by atoms with Gasteiger partial charge in [0.05, 0.1) is 0 Å². The smallest absolute Gasteiger partial charge is 0.0448 e. The average molecular weight is 249 g/mol. The monoisotopic (exact) mass is 249 g/mol. The molecule has 18 heavy (non-hydrogen) atoms. The van der Waals surface area contributed by atoms with Gasteiger partial charge in [-0.3, -0.25) is 0 Å². The van der Waals surface area contributed by atoms with Crippen LogP contribution in [0, 0.1) is 0 Å². The summed E-state index contributed by atoms with van der Waals surface area (Å²) in [5.41, 5.74) is 2.84. The maximum Gasteiger partial charge on any atom is 0.0448 e. The molecule has 0 bridgehead atoms. The Morgan fingerprint density at radius 1 is 1.00 bits per heavy atom. The van der Waals surface area contributed by atoms with Crippen molar-refractivity contribution in [2.24, 2.45) is 0 Å². The number of rotatable bonds is 5. The lowest BCUT2D eigenvalue weighted by Crippen LogP contribution is -2.39. The van der Waals surface area contributed by atoms with Gasteiger partial charge in [0.15, 0.2) is 0 Å². The van der Waals surface area contributed by atoms with E-state index >= 15 is 0 Å². The Bertz CT molecular complexity index is 360. The largest absolute Gasteiger partial charge is 0.396 e. The van der Waals surface area contributed by atoms with Gasteiger partial charge in [-0.25, -0.2) is 0 Å². The van der Waals surface area contributed by atoms with Crippen molar-refractivity contribution in [1.29, 1.82) is 0 Å². The minimum absolute atomic E-state index is 0.0164. The van der Waals surface area contributed by atoms with E-state index in [1.165, 1.54) is 11.1 Å². The zero-order valence-electron chi connectivity index (χ0n) is 12.4. The van der Waals surface area contributed by atoms with Crippen LogP contribution in [0.15, 0.2) is 24.3 Å². The molecule has 0 aromatic heterocycles. The van der Waals surface area contributed by atoms with Gasteiger partial charge in [0, 0.05) is 18.7 Å². The van der Waals surface area contributed by atoms with Crippen LogP contribution in [0.4, 0.5) is 0 Å². The Kier molecular flexibility index (Phi) is 4.94. The van der Waals surface area contributed by atoms with Gasteiger partial charge in [0.25, 0.3) is 0 Å². The summed E-state index contributed by atoms with van der Waals surface area (Å²) < 4.78 is 0. The maximum absolute atomic E-state index is 8.98. The molecule has 0 atom stereocenters. The highest BCUT2D eigenvalue weighted by Gasteiger charge is 2.16. The zero-order valence-corrected chi connectivity index (χ0v) is 12.4. The van der Waals surface area contributed by atoms with Crippen molar-refractivity contribution in [3.63, 3.8) is 0 Å². The van der Waals surface area contributed by atoms with Crippen LogP contribution < -0.4 is 5.32 Å². The van der Waals surface area contributed by atoms with E-state index in [0.717, 1.165) is 13.0 Å². The molecule has 102 valence electrons. The molecule has 0 heterocycles. The van der Waals surface area contributed by atoms with E-state index in [1.54, 1.807) is 0 Å². The first-order chi connectivity index (χ1) is 8.24.